The van der Waals surface area contributed by atoms with Crippen molar-refractivity contribution < 1.29 is 14.3 Å². The summed E-state index contributed by atoms with van der Waals surface area (Å²) in [6.07, 6.45) is 6.01. The van der Waals surface area contributed by atoms with Crippen LogP contribution in [0.1, 0.15) is 27.0 Å². The predicted molar refractivity (Wildman–Crippen MR) is 112 cm³/mol. The van der Waals surface area contributed by atoms with Crippen LogP contribution in [0.4, 0.5) is 0 Å². The third-order valence-electron chi connectivity index (χ3n) is 4.63. The molecule has 0 spiro atoms. The molecule has 0 saturated carbocycles. The van der Waals surface area contributed by atoms with Gasteiger partial charge in [-0.15, -0.1) is 6.58 Å². The van der Waals surface area contributed by atoms with E-state index in [4.69, 9.17) is 9.47 Å². The number of benzene rings is 2. The highest BCUT2D eigenvalue weighted by atomic mass is 16.5. The highest BCUT2D eigenvalue weighted by Gasteiger charge is 2.16. The molecule has 1 amide bonds. The molecular weight excluding hydrogens is 366 g/mol. The maximum Gasteiger partial charge on any atom is 0.251 e. The van der Waals surface area contributed by atoms with Crippen molar-refractivity contribution in [1.29, 1.82) is 0 Å². The topological polar surface area (TPSA) is 65.4 Å². The lowest BCUT2D eigenvalue weighted by molar-refractivity contribution is 0.0950. The number of aromatic nitrogens is 2. The Morgan fingerprint density at radius 2 is 1.93 bits per heavy atom. The second-order valence-electron chi connectivity index (χ2n) is 6.52. The van der Waals surface area contributed by atoms with Crippen molar-refractivity contribution in [2.75, 3.05) is 14.2 Å². The minimum absolute atomic E-state index is 0.176. The molecule has 2 aromatic carbocycles. The molecule has 0 atom stereocenters. The van der Waals surface area contributed by atoms with E-state index in [0.717, 1.165) is 16.7 Å². The van der Waals surface area contributed by atoms with Gasteiger partial charge in [0.1, 0.15) is 0 Å². The zero-order chi connectivity index (χ0) is 20.6. The van der Waals surface area contributed by atoms with Gasteiger partial charge in [-0.3, -0.25) is 9.48 Å². The number of carbonyl (C=O) groups is 1. The van der Waals surface area contributed by atoms with Crippen LogP contribution in [0.5, 0.6) is 11.5 Å². The molecule has 1 heterocycles. The summed E-state index contributed by atoms with van der Waals surface area (Å²) in [6.45, 7) is 4.84. The normalized spacial score (nSPS) is 10.4. The van der Waals surface area contributed by atoms with E-state index in [1.165, 1.54) is 0 Å². The Labute approximate surface area is 170 Å². The van der Waals surface area contributed by atoms with E-state index < -0.39 is 0 Å². The van der Waals surface area contributed by atoms with Gasteiger partial charge < -0.3 is 14.8 Å². The van der Waals surface area contributed by atoms with Crippen molar-refractivity contribution in [3.8, 4) is 11.5 Å². The van der Waals surface area contributed by atoms with Crippen molar-refractivity contribution in [1.82, 2.24) is 15.1 Å². The first-order valence-electron chi connectivity index (χ1n) is 9.34. The van der Waals surface area contributed by atoms with Crippen molar-refractivity contribution in [3.63, 3.8) is 0 Å². The first-order chi connectivity index (χ1) is 14.2. The quantitative estimate of drug-likeness (QED) is 0.566. The van der Waals surface area contributed by atoms with E-state index in [0.29, 0.717) is 36.6 Å². The molecule has 0 aliphatic carbocycles. The number of nitrogens with one attached hydrogen (secondary N) is 1. The standard InChI is InChI=1S/C23H25N3O3/c1-4-8-17-13-20(14-21(28-2)22(17)29-3)23(27)24-15-18-9-5-6-10-19(18)16-26-12-7-11-25-26/h4-7,9-14H,1,8,15-16H2,2-3H3,(H,24,27). The molecular formula is C23H25N3O3. The fraction of sp³-hybridized carbons (Fsp3) is 0.217. The van der Waals surface area contributed by atoms with Crippen molar-refractivity contribution in [3.05, 3.63) is 89.8 Å². The van der Waals surface area contributed by atoms with Crippen LogP contribution in [0.25, 0.3) is 0 Å². The molecule has 0 aliphatic rings. The number of ether oxygens (including phenoxy) is 2. The van der Waals surface area contributed by atoms with Gasteiger partial charge in [0, 0.05) is 30.1 Å². The Hall–Kier alpha value is -3.54. The molecule has 0 radical (unpaired) electrons. The first kappa shape index (κ1) is 20.2. The van der Waals surface area contributed by atoms with Gasteiger partial charge in [0.15, 0.2) is 11.5 Å². The molecule has 29 heavy (non-hydrogen) atoms. The SMILES string of the molecule is C=CCc1cc(C(=O)NCc2ccccc2Cn2cccn2)cc(OC)c1OC. The molecule has 3 aromatic rings. The molecule has 0 bridgehead atoms. The molecule has 6 nitrogen and oxygen atoms in total. The lowest BCUT2D eigenvalue weighted by atomic mass is 10.0. The van der Waals surface area contributed by atoms with E-state index in [1.807, 2.05) is 47.3 Å². The van der Waals surface area contributed by atoms with Crippen molar-refractivity contribution >= 4 is 5.91 Å². The zero-order valence-corrected chi connectivity index (χ0v) is 16.7. The lowest BCUT2D eigenvalue weighted by Crippen LogP contribution is -2.24. The third-order valence-corrected chi connectivity index (χ3v) is 4.63. The van der Waals surface area contributed by atoms with Gasteiger partial charge in [-0.2, -0.15) is 5.10 Å². The largest absolute Gasteiger partial charge is 0.493 e. The molecule has 0 aliphatic heterocycles. The fourth-order valence-corrected chi connectivity index (χ4v) is 3.21. The molecule has 6 heteroatoms. The summed E-state index contributed by atoms with van der Waals surface area (Å²) in [4.78, 5) is 12.8. The predicted octanol–water partition coefficient (Wildman–Crippen LogP) is 3.61. The number of allylic oxidation sites excluding steroid dienone is 1. The summed E-state index contributed by atoms with van der Waals surface area (Å²) in [5, 5.41) is 7.26. The van der Waals surface area contributed by atoms with Gasteiger partial charge in [-0.05, 0) is 35.7 Å². The molecule has 0 unspecified atom stereocenters. The fourth-order valence-electron chi connectivity index (χ4n) is 3.21. The van der Waals surface area contributed by atoms with Crippen LogP contribution < -0.4 is 14.8 Å². The van der Waals surface area contributed by atoms with Crippen LogP contribution in [-0.4, -0.2) is 29.9 Å². The van der Waals surface area contributed by atoms with Gasteiger partial charge in [0.05, 0.1) is 20.8 Å². The van der Waals surface area contributed by atoms with Gasteiger partial charge in [-0.25, -0.2) is 0 Å². The summed E-state index contributed by atoms with van der Waals surface area (Å²) >= 11 is 0. The van der Waals surface area contributed by atoms with E-state index in [9.17, 15) is 4.79 Å². The van der Waals surface area contributed by atoms with Crippen LogP contribution in [-0.2, 0) is 19.5 Å². The minimum Gasteiger partial charge on any atom is -0.493 e. The summed E-state index contributed by atoms with van der Waals surface area (Å²) in [7, 11) is 3.14. The van der Waals surface area contributed by atoms with Crippen LogP contribution in [0, 0.1) is 0 Å². The van der Waals surface area contributed by atoms with Crippen LogP contribution >= 0.6 is 0 Å². The monoisotopic (exact) mass is 391 g/mol. The van der Waals surface area contributed by atoms with Gasteiger partial charge in [0.2, 0.25) is 0 Å². The van der Waals surface area contributed by atoms with E-state index in [-0.39, 0.29) is 5.91 Å². The molecule has 3 rings (SSSR count). The van der Waals surface area contributed by atoms with Gasteiger partial charge in [0.25, 0.3) is 5.91 Å². The minimum atomic E-state index is -0.176. The molecule has 150 valence electrons. The van der Waals surface area contributed by atoms with Gasteiger partial charge >= 0.3 is 0 Å². The van der Waals surface area contributed by atoms with E-state index in [1.54, 1.807) is 32.6 Å². The van der Waals surface area contributed by atoms with E-state index in [2.05, 4.69) is 17.0 Å². The second kappa shape index (κ2) is 9.59. The molecule has 1 aromatic heterocycles. The summed E-state index contributed by atoms with van der Waals surface area (Å²) < 4.78 is 12.7. The van der Waals surface area contributed by atoms with Crippen molar-refractivity contribution in [2.24, 2.45) is 0 Å². The summed E-state index contributed by atoms with van der Waals surface area (Å²) in [5.74, 6) is 0.967. The van der Waals surface area contributed by atoms with Crippen LogP contribution in [0.3, 0.4) is 0 Å². The van der Waals surface area contributed by atoms with Gasteiger partial charge in [-0.1, -0.05) is 30.3 Å². The number of nitrogens with zero attached hydrogens (tertiary/aromatic N) is 2. The van der Waals surface area contributed by atoms with Crippen molar-refractivity contribution in [2.45, 2.75) is 19.5 Å². The van der Waals surface area contributed by atoms with Crippen LogP contribution in [0.15, 0.2) is 67.5 Å². The average Bonchev–Trinajstić information content (AvgIpc) is 3.25. The Morgan fingerprint density at radius 1 is 1.14 bits per heavy atom. The Balaban J connectivity index is 1.78. The zero-order valence-electron chi connectivity index (χ0n) is 16.7. The average molecular weight is 391 g/mol. The number of carbonyl (C=O) groups excluding carboxylic acids is 1. The number of hydrogen-bond acceptors (Lipinski definition) is 4. The Bertz CT molecular complexity index is 981. The number of hydrogen-bond donors (Lipinski definition) is 1. The molecule has 0 saturated heterocycles. The number of rotatable bonds is 9. The summed E-state index contributed by atoms with van der Waals surface area (Å²) in [6, 6.07) is 13.4. The highest BCUT2D eigenvalue weighted by molar-refractivity contribution is 5.95. The highest BCUT2D eigenvalue weighted by Crippen LogP contribution is 2.33. The number of amides is 1. The van der Waals surface area contributed by atoms with Crippen LogP contribution in [0.2, 0.25) is 0 Å². The third kappa shape index (κ3) is 4.85. The summed E-state index contributed by atoms with van der Waals surface area (Å²) in [5.41, 5.74) is 3.52. The smallest absolute Gasteiger partial charge is 0.251 e. The number of methoxy groups -OCH3 is 2. The molecule has 1 N–H and O–H groups in total. The lowest BCUT2D eigenvalue weighted by Gasteiger charge is -2.15. The van der Waals surface area contributed by atoms with E-state index >= 15 is 0 Å². The maximum absolute atomic E-state index is 12.8. The first-order valence-corrected chi connectivity index (χ1v) is 9.34. The second-order valence-corrected chi connectivity index (χ2v) is 6.52. The Morgan fingerprint density at radius 3 is 2.59 bits per heavy atom. The Kier molecular flexibility index (Phi) is 6.68. The maximum atomic E-state index is 12.8. The molecule has 0 fully saturated rings.